The van der Waals surface area contributed by atoms with Gasteiger partial charge in [0.15, 0.2) is 0 Å². The summed E-state index contributed by atoms with van der Waals surface area (Å²) in [5.41, 5.74) is -0.815. The van der Waals surface area contributed by atoms with E-state index in [-0.39, 0.29) is 17.4 Å². The topological polar surface area (TPSA) is 35.5 Å². The molecule has 0 aromatic heterocycles. The van der Waals surface area contributed by atoms with Crippen molar-refractivity contribution in [3.05, 3.63) is 27.4 Å². The molecule has 0 amide bonds. The summed E-state index contributed by atoms with van der Waals surface area (Å²) < 4.78 is 23.9. The van der Waals surface area contributed by atoms with Gasteiger partial charge in [0.2, 0.25) is 0 Å². The van der Waals surface area contributed by atoms with Crippen LogP contribution >= 0.6 is 27.5 Å². The number of halogens is 3. The van der Waals surface area contributed by atoms with Crippen molar-refractivity contribution in [2.45, 2.75) is 13.8 Å². The van der Waals surface area contributed by atoms with Gasteiger partial charge in [-0.25, -0.2) is 4.39 Å². The minimum Gasteiger partial charge on any atom is -0.491 e. The molecule has 0 saturated carbocycles. The first-order valence-electron chi connectivity index (χ1n) is 5.13. The largest absolute Gasteiger partial charge is 0.491 e. The van der Waals surface area contributed by atoms with Gasteiger partial charge in [-0.15, -0.1) is 0 Å². The molecular weight excluding hydrogens is 326 g/mol. The van der Waals surface area contributed by atoms with E-state index < -0.39 is 17.2 Å². The molecule has 100 valence electrons. The Morgan fingerprint density at radius 3 is 2.67 bits per heavy atom. The first kappa shape index (κ1) is 15.2. The Bertz CT molecular complexity index is 463. The highest BCUT2D eigenvalue weighted by Crippen LogP contribution is 2.31. The summed E-state index contributed by atoms with van der Waals surface area (Å²) in [6.07, 6.45) is 0. The second-order valence-corrected chi connectivity index (χ2v) is 5.62. The zero-order valence-electron chi connectivity index (χ0n) is 10.2. The van der Waals surface area contributed by atoms with E-state index in [0.717, 1.165) is 0 Å². The number of rotatable bonds is 4. The normalized spacial score (nSPS) is 11.2. The summed E-state index contributed by atoms with van der Waals surface area (Å²) >= 11 is 8.83. The number of benzene rings is 1. The molecule has 0 N–H and O–H groups in total. The van der Waals surface area contributed by atoms with Crippen molar-refractivity contribution in [1.29, 1.82) is 0 Å². The molecule has 0 bridgehead atoms. The van der Waals surface area contributed by atoms with E-state index in [2.05, 4.69) is 20.7 Å². The van der Waals surface area contributed by atoms with Crippen LogP contribution in [0.25, 0.3) is 0 Å². The maximum absolute atomic E-state index is 13.3. The monoisotopic (exact) mass is 338 g/mol. The van der Waals surface area contributed by atoms with Gasteiger partial charge >= 0.3 is 5.97 Å². The first-order chi connectivity index (χ1) is 8.27. The third-order valence-corrected chi connectivity index (χ3v) is 3.21. The number of ether oxygens (including phenoxy) is 2. The van der Waals surface area contributed by atoms with E-state index in [1.54, 1.807) is 13.8 Å². The Morgan fingerprint density at radius 2 is 2.11 bits per heavy atom. The van der Waals surface area contributed by atoms with E-state index in [4.69, 9.17) is 16.3 Å². The highest BCUT2D eigenvalue weighted by atomic mass is 79.9. The summed E-state index contributed by atoms with van der Waals surface area (Å²) in [7, 11) is 1.31. The second-order valence-electron chi connectivity index (χ2n) is 4.36. The fourth-order valence-electron chi connectivity index (χ4n) is 1.21. The van der Waals surface area contributed by atoms with E-state index in [0.29, 0.717) is 4.47 Å². The van der Waals surface area contributed by atoms with E-state index >= 15 is 0 Å². The van der Waals surface area contributed by atoms with Gasteiger partial charge in [-0.1, -0.05) is 11.6 Å². The average molecular weight is 340 g/mol. The zero-order chi connectivity index (χ0) is 13.9. The van der Waals surface area contributed by atoms with Crippen LogP contribution in [-0.2, 0) is 9.53 Å². The summed E-state index contributed by atoms with van der Waals surface area (Å²) in [6.45, 7) is 3.43. The summed E-state index contributed by atoms with van der Waals surface area (Å²) in [5, 5.41) is 0.00135. The minimum atomic E-state index is -0.815. The third kappa shape index (κ3) is 3.59. The van der Waals surface area contributed by atoms with Gasteiger partial charge in [0.1, 0.15) is 18.2 Å². The zero-order valence-corrected chi connectivity index (χ0v) is 12.6. The van der Waals surface area contributed by atoms with Gasteiger partial charge < -0.3 is 9.47 Å². The molecule has 0 radical (unpaired) electrons. The van der Waals surface area contributed by atoms with Gasteiger partial charge in [-0.3, -0.25) is 4.79 Å². The molecular formula is C12H13BrClFO3. The van der Waals surface area contributed by atoms with Crippen molar-refractivity contribution in [2.24, 2.45) is 5.41 Å². The number of hydrogen-bond donors (Lipinski definition) is 0. The van der Waals surface area contributed by atoms with Crippen LogP contribution in [0.1, 0.15) is 13.8 Å². The van der Waals surface area contributed by atoms with Crippen LogP contribution in [0.5, 0.6) is 5.75 Å². The molecule has 0 unspecified atom stereocenters. The predicted molar refractivity (Wildman–Crippen MR) is 70.4 cm³/mol. The molecule has 1 aromatic carbocycles. The van der Waals surface area contributed by atoms with E-state index in [1.807, 2.05) is 0 Å². The molecule has 1 rings (SSSR count). The maximum atomic E-state index is 13.3. The van der Waals surface area contributed by atoms with Crippen molar-refractivity contribution >= 4 is 33.5 Å². The van der Waals surface area contributed by atoms with Gasteiger partial charge in [0.25, 0.3) is 0 Å². The van der Waals surface area contributed by atoms with Crippen LogP contribution in [0.15, 0.2) is 16.6 Å². The molecule has 0 spiro atoms. The van der Waals surface area contributed by atoms with Crippen molar-refractivity contribution in [2.75, 3.05) is 13.7 Å². The molecule has 0 aliphatic carbocycles. The van der Waals surface area contributed by atoms with Crippen LogP contribution in [0.2, 0.25) is 5.02 Å². The number of carbonyl (C=O) groups excluding carboxylic acids is 1. The molecule has 0 aliphatic rings. The van der Waals surface area contributed by atoms with Gasteiger partial charge in [0.05, 0.1) is 22.0 Å². The standard InChI is InChI=1S/C12H13BrClFO3/c1-12(2,11(16)17-3)6-18-10-5-9(15)8(14)4-7(10)13/h4-5H,6H2,1-3H3. The predicted octanol–water partition coefficient (Wildman–Crippen LogP) is 3.82. The molecule has 18 heavy (non-hydrogen) atoms. The molecule has 0 aliphatic heterocycles. The Kier molecular flexibility index (Phi) is 4.99. The lowest BCUT2D eigenvalue weighted by Gasteiger charge is -2.22. The van der Waals surface area contributed by atoms with Crippen LogP contribution in [-0.4, -0.2) is 19.7 Å². The molecule has 1 aromatic rings. The Labute approximate surface area is 118 Å². The van der Waals surface area contributed by atoms with Crippen molar-refractivity contribution in [3.8, 4) is 5.75 Å². The molecule has 6 heteroatoms. The van der Waals surface area contributed by atoms with E-state index in [1.165, 1.54) is 19.2 Å². The number of carbonyl (C=O) groups is 1. The molecule has 0 atom stereocenters. The summed E-state index contributed by atoms with van der Waals surface area (Å²) in [6, 6.07) is 2.57. The lowest BCUT2D eigenvalue weighted by molar-refractivity contribution is -0.152. The van der Waals surface area contributed by atoms with Crippen molar-refractivity contribution < 1.29 is 18.7 Å². The average Bonchev–Trinajstić information content (AvgIpc) is 2.31. The van der Waals surface area contributed by atoms with E-state index in [9.17, 15) is 9.18 Å². The molecule has 0 fully saturated rings. The lowest BCUT2D eigenvalue weighted by Crippen LogP contribution is -2.32. The fraction of sp³-hybridized carbons (Fsp3) is 0.417. The van der Waals surface area contributed by atoms with Crippen LogP contribution in [0.3, 0.4) is 0 Å². The third-order valence-electron chi connectivity index (χ3n) is 2.30. The Morgan fingerprint density at radius 1 is 1.50 bits per heavy atom. The highest BCUT2D eigenvalue weighted by Gasteiger charge is 2.30. The quantitative estimate of drug-likeness (QED) is 0.618. The SMILES string of the molecule is COC(=O)C(C)(C)COc1cc(F)c(Cl)cc1Br. The lowest BCUT2D eigenvalue weighted by atomic mass is 9.95. The van der Waals surface area contributed by atoms with Crippen molar-refractivity contribution in [1.82, 2.24) is 0 Å². The van der Waals surface area contributed by atoms with Crippen LogP contribution in [0, 0.1) is 11.2 Å². The molecule has 0 heterocycles. The maximum Gasteiger partial charge on any atom is 0.314 e. The highest BCUT2D eigenvalue weighted by molar-refractivity contribution is 9.10. The van der Waals surface area contributed by atoms with Crippen LogP contribution in [0.4, 0.5) is 4.39 Å². The number of esters is 1. The molecule has 3 nitrogen and oxygen atoms in total. The summed E-state index contributed by atoms with van der Waals surface area (Å²) in [5.74, 6) is -0.687. The van der Waals surface area contributed by atoms with Gasteiger partial charge in [0, 0.05) is 6.07 Å². The Hall–Kier alpha value is -0.810. The first-order valence-corrected chi connectivity index (χ1v) is 6.31. The van der Waals surface area contributed by atoms with Crippen LogP contribution < -0.4 is 4.74 Å². The Balaban J connectivity index is 2.81. The molecule has 0 saturated heterocycles. The smallest absolute Gasteiger partial charge is 0.314 e. The van der Waals surface area contributed by atoms with Gasteiger partial charge in [-0.2, -0.15) is 0 Å². The fourth-order valence-corrected chi connectivity index (χ4v) is 1.96. The second kappa shape index (κ2) is 5.89. The summed E-state index contributed by atoms with van der Waals surface area (Å²) in [4.78, 5) is 11.5. The van der Waals surface area contributed by atoms with Crippen molar-refractivity contribution in [3.63, 3.8) is 0 Å². The number of methoxy groups -OCH3 is 1. The minimum absolute atomic E-state index is 0.00135. The van der Waals surface area contributed by atoms with Gasteiger partial charge in [-0.05, 0) is 35.8 Å². The number of hydrogen-bond acceptors (Lipinski definition) is 3.